The van der Waals surface area contributed by atoms with Gasteiger partial charge in [-0.2, -0.15) is 0 Å². The second kappa shape index (κ2) is 7.57. The van der Waals surface area contributed by atoms with Gasteiger partial charge in [-0.1, -0.05) is 42.5 Å². The highest BCUT2D eigenvalue weighted by Crippen LogP contribution is 2.38. The summed E-state index contributed by atoms with van der Waals surface area (Å²) in [6, 6.07) is 18.4. The van der Waals surface area contributed by atoms with Crippen molar-refractivity contribution >= 4 is 11.6 Å². The Morgan fingerprint density at radius 3 is 2.54 bits per heavy atom. The Kier molecular flexibility index (Phi) is 4.79. The molecule has 0 spiro atoms. The Morgan fingerprint density at radius 2 is 1.71 bits per heavy atom. The molecule has 3 heterocycles. The highest BCUT2D eigenvalue weighted by molar-refractivity contribution is 5.99. The SMILES string of the molecule is O=C1C2CC(CN2C2CCOCC2)Oc2ccccc2N1Cc1ccccc1. The lowest BCUT2D eigenvalue weighted by Crippen LogP contribution is -2.50. The number of hydrogen-bond acceptors (Lipinski definition) is 4. The Bertz CT molecular complexity index is 835. The summed E-state index contributed by atoms with van der Waals surface area (Å²) < 4.78 is 11.9. The van der Waals surface area contributed by atoms with Crippen molar-refractivity contribution in [2.75, 3.05) is 24.7 Å². The maximum Gasteiger partial charge on any atom is 0.244 e. The minimum Gasteiger partial charge on any atom is -0.487 e. The number of rotatable bonds is 3. The first-order chi connectivity index (χ1) is 13.8. The third-order valence-electron chi connectivity index (χ3n) is 6.15. The molecule has 2 aromatic rings. The molecule has 2 atom stereocenters. The molecule has 2 aromatic carbocycles. The molecule has 2 bridgehead atoms. The molecular formula is C23H26N2O3. The van der Waals surface area contributed by atoms with Gasteiger partial charge in [0.1, 0.15) is 11.9 Å². The smallest absolute Gasteiger partial charge is 0.244 e. The van der Waals surface area contributed by atoms with Crippen LogP contribution in [0, 0.1) is 0 Å². The molecule has 146 valence electrons. The van der Waals surface area contributed by atoms with Crippen LogP contribution >= 0.6 is 0 Å². The summed E-state index contributed by atoms with van der Waals surface area (Å²) in [7, 11) is 0. The molecule has 0 aromatic heterocycles. The largest absolute Gasteiger partial charge is 0.487 e. The number of nitrogens with zero attached hydrogens (tertiary/aromatic N) is 2. The number of benzene rings is 2. The van der Waals surface area contributed by atoms with Crippen LogP contribution in [0.3, 0.4) is 0 Å². The number of ether oxygens (including phenoxy) is 2. The average Bonchev–Trinajstić information content (AvgIpc) is 3.18. The van der Waals surface area contributed by atoms with E-state index in [4.69, 9.17) is 9.47 Å². The number of carbonyl (C=O) groups excluding carboxylic acids is 1. The fourth-order valence-electron chi connectivity index (χ4n) is 4.76. The van der Waals surface area contributed by atoms with Crippen LogP contribution in [0.25, 0.3) is 0 Å². The first kappa shape index (κ1) is 17.7. The lowest BCUT2D eigenvalue weighted by Gasteiger charge is -2.36. The summed E-state index contributed by atoms with van der Waals surface area (Å²) in [5.74, 6) is 0.998. The molecule has 5 nitrogen and oxygen atoms in total. The number of para-hydroxylation sites is 2. The lowest BCUT2D eigenvalue weighted by molar-refractivity contribution is -0.124. The van der Waals surface area contributed by atoms with Crippen LogP contribution in [-0.4, -0.2) is 48.8 Å². The van der Waals surface area contributed by atoms with Crippen molar-refractivity contribution in [1.29, 1.82) is 0 Å². The van der Waals surface area contributed by atoms with Crippen LogP contribution in [0.5, 0.6) is 5.75 Å². The van der Waals surface area contributed by atoms with Gasteiger partial charge < -0.3 is 14.4 Å². The number of hydrogen-bond donors (Lipinski definition) is 0. The standard InChI is InChI=1S/C23H26N2O3/c26-23-21-14-19(16-24(21)18-10-12-27-13-11-18)28-22-9-5-4-8-20(22)25(23)15-17-6-2-1-3-7-17/h1-9,18-19,21H,10-16H2. The van der Waals surface area contributed by atoms with Crippen LogP contribution < -0.4 is 9.64 Å². The van der Waals surface area contributed by atoms with Gasteiger partial charge in [0.25, 0.3) is 0 Å². The van der Waals surface area contributed by atoms with Crippen molar-refractivity contribution in [1.82, 2.24) is 4.90 Å². The molecular weight excluding hydrogens is 352 g/mol. The van der Waals surface area contributed by atoms with Gasteiger partial charge >= 0.3 is 0 Å². The Balaban J connectivity index is 1.50. The second-order valence-electron chi connectivity index (χ2n) is 7.91. The zero-order valence-corrected chi connectivity index (χ0v) is 16.0. The molecule has 5 heteroatoms. The van der Waals surface area contributed by atoms with Crippen molar-refractivity contribution in [3.05, 3.63) is 60.2 Å². The predicted molar refractivity (Wildman–Crippen MR) is 107 cm³/mol. The third kappa shape index (κ3) is 3.29. The van der Waals surface area contributed by atoms with Gasteiger partial charge in [0.2, 0.25) is 5.91 Å². The van der Waals surface area contributed by atoms with Crippen LogP contribution in [0.15, 0.2) is 54.6 Å². The topological polar surface area (TPSA) is 42.0 Å². The fraction of sp³-hybridized carbons (Fsp3) is 0.435. The van der Waals surface area contributed by atoms with Gasteiger partial charge in [0.05, 0.1) is 18.3 Å². The summed E-state index contributed by atoms with van der Waals surface area (Å²) in [5, 5.41) is 0. The number of fused-ring (bicyclic) bond motifs is 3. The van der Waals surface area contributed by atoms with E-state index in [-0.39, 0.29) is 18.1 Å². The number of carbonyl (C=O) groups is 1. The predicted octanol–water partition coefficient (Wildman–Crippen LogP) is 3.23. The molecule has 5 rings (SSSR count). The molecule has 0 N–H and O–H groups in total. The van der Waals surface area contributed by atoms with E-state index >= 15 is 0 Å². The first-order valence-electron chi connectivity index (χ1n) is 10.2. The summed E-state index contributed by atoms with van der Waals surface area (Å²) >= 11 is 0. The molecule has 1 amide bonds. The van der Waals surface area contributed by atoms with E-state index in [1.54, 1.807) is 0 Å². The van der Waals surface area contributed by atoms with E-state index in [0.717, 1.165) is 56.0 Å². The third-order valence-corrected chi connectivity index (χ3v) is 6.15. The van der Waals surface area contributed by atoms with E-state index < -0.39 is 0 Å². The number of likely N-dealkylation sites (tertiary alicyclic amines) is 1. The number of amides is 1. The van der Waals surface area contributed by atoms with Gasteiger partial charge in [-0.25, -0.2) is 0 Å². The molecule has 0 saturated carbocycles. The maximum atomic E-state index is 13.8. The second-order valence-corrected chi connectivity index (χ2v) is 7.91. The summed E-state index contributed by atoms with van der Waals surface area (Å²) in [6.45, 7) is 2.93. The van der Waals surface area contributed by atoms with Crippen molar-refractivity contribution < 1.29 is 14.3 Å². The minimum atomic E-state index is -0.120. The minimum absolute atomic E-state index is 0.0665. The van der Waals surface area contributed by atoms with E-state index in [2.05, 4.69) is 17.0 Å². The Hall–Kier alpha value is -2.37. The van der Waals surface area contributed by atoms with Crippen LogP contribution in [-0.2, 0) is 16.1 Å². The van der Waals surface area contributed by atoms with Gasteiger partial charge in [-0.05, 0) is 30.5 Å². The average molecular weight is 378 g/mol. The Labute approximate surface area is 165 Å². The number of anilines is 1. The van der Waals surface area contributed by atoms with Crippen LogP contribution in [0.4, 0.5) is 5.69 Å². The molecule has 0 radical (unpaired) electrons. The van der Waals surface area contributed by atoms with E-state index in [9.17, 15) is 4.79 Å². The normalized spacial score (nSPS) is 25.7. The van der Waals surface area contributed by atoms with E-state index in [1.807, 2.05) is 47.4 Å². The molecule has 2 saturated heterocycles. The van der Waals surface area contributed by atoms with Gasteiger partial charge in [-0.15, -0.1) is 0 Å². The molecule has 28 heavy (non-hydrogen) atoms. The summed E-state index contributed by atoms with van der Waals surface area (Å²) in [5.41, 5.74) is 2.00. The van der Waals surface area contributed by atoms with Crippen molar-refractivity contribution in [3.63, 3.8) is 0 Å². The molecule has 2 unspecified atom stereocenters. The maximum absolute atomic E-state index is 13.8. The van der Waals surface area contributed by atoms with Crippen LogP contribution in [0.1, 0.15) is 24.8 Å². The van der Waals surface area contributed by atoms with Gasteiger partial charge in [-0.3, -0.25) is 9.69 Å². The quantitative estimate of drug-likeness (QED) is 0.822. The summed E-state index contributed by atoms with van der Waals surface area (Å²) in [6.07, 6.45) is 2.80. The Morgan fingerprint density at radius 1 is 0.964 bits per heavy atom. The highest BCUT2D eigenvalue weighted by Gasteiger charge is 2.45. The fourth-order valence-corrected chi connectivity index (χ4v) is 4.76. The van der Waals surface area contributed by atoms with Gasteiger partial charge in [0.15, 0.2) is 0 Å². The van der Waals surface area contributed by atoms with E-state index in [0.29, 0.717) is 12.6 Å². The van der Waals surface area contributed by atoms with E-state index in [1.165, 1.54) is 0 Å². The first-order valence-corrected chi connectivity index (χ1v) is 10.2. The van der Waals surface area contributed by atoms with Crippen LogP contribution in [0.2, 0.25) is 0 Å². The molecule has 2 fully saturated rings. The van der Waals surface area contributed by atoms with Crippen molar-refractivity contribution in [3.8, 4) is 5.75 Å². The zero-order valence-electron chi connectivity index (χ0n) is 16.0. The highest BCUT2D eigenvalue weighted by atomic mass is 16.5. The molecule has 3 aliphatic heterocycles. The summed E-state index contributed by atoms with van der Waals surface area (Å²) in [4.78, 5) is 18.1. The monoisotopic (exact) mass is 378 g/mol. The lowest BCUT2D eigenvalue weighted by atomic mass is 10.0. The molecule has 3 aliphatic rings. The molecule has 0 aliphatic carbocycles. The van der Waals surface area contributed by atoms with Crippen molar-refractivity contribution in [2.24, 2.45) is 0 Å². The van der Waals surface area contributed by atoms with Gasteiger partial charge in [0, 0.05) is 32.2 Å². The zero-order chi connectivity index (χ0) is 18.9. The van der Waals surface area contributed by atoms with Crippen molar-refractivity contribution in [2.45, 2.75) is 44.0 Å².